The SMILES string of the molecule is Cc1cc2c(c(=O)o1)[C@@H](c1ccc(F)cc1)Sc1ccccc1N2. The summed E-state index contributed by atoms with van der Waals surface area (Å²) in [7, 11) is 0. The van der Waals surface area contributed by atoms with E-state index in [0.717, 1.165) is 21.8 Å². The number of hydrogen-bond acceptors (Lipinski definition) is 4. The Hall–Kier alpha value is -2.53. The molecule has 1 N–H and O–H groups in total. The quantitative estimate of drug-likeness (QED) is 0.675. The summed E-state index contributed by atoms with van der Waals surface area (Å²) in [6.07, 6.45) is 0. The highest BCUT2D eigenvalue weighted by Crippen LogP contribution is 2.48. The summed E-state index contributed by atoms with van der Waals surface area (Å²) in [4.78, 5) is 13.6. The van der Waals surface area contributed by atoms with Crippen LogP contribution in [-0.4, -0.2) is 0 Å². The van der Waals surface area contributed by atoms with Gasteiger partial charge in [-0.25, -0.2) is 9.18 Å². The molecule has 1 atom stereocenters. The molecule has 24 heavy (non-hydrogen) atoms. The second kappa shape index (κ2) is 5.83. The number of fused-ring (bicyclic) bond motifs is 2. The highest BCUT2D eigenvalue weighted by molar-refractivity contribution is 8.00. The van der Waals surface area contributed by atoms with Gasteiger partial charge in [-0.05, 0) is 36.8 Å². The maximum absolute atomic E-state index is 13.3. The summed E-state index contributed by atoms with van der Waals surface area (Å²) >= 11 is 1.55. The summed E-state index contributed by atoms with van der Waals surface area (Å²) in [6.45, 7) is 1.75. The molecule has 0 aliphatic carbocycles. The van der Waals surface area contributed by atoms with Gasteiger partial charge in [0, 0.05) is 11.0 Å². The maximum Gasteiger partial charge on any atom is 0.342 e. The third-order valence-electron chi connectivity index (χ3n) is 3.95. The molecular formula is C19H14FNO2S. The fourth-order valence-corrected chi connectivity index (χ4v) is 4.14. The van der Waals surface area contributed by atoms with Crippen molar-refractivity contribution < 1.29 is 8.81 Å². The predicted octanol–water partition coefficient (Wildman–Crippen LogP) is 5.03. The van der Waals surface area contributed by atoms with Crippen LogP contribution in [0.5, 0.6) is 0 Å². The molecule has 2 heterocycles. The van der Waals surface area contributed by atoms with E-state index in [0.29, 0.717) is 11.3 Å². The largest absolute Gasteiger partial charge is 0.428 e. The molecule has 2 aromatic carbocycles. The Morgan fingerprint density at radius 1 is 1.08 bits per heavy atom. The van der Waals surface area contributed by atoms with Crippen molar-refractivity contribution >= 4 is 23.1 Å². The normalized spacial score (nSPS) is 15.8. The van der Waals surface area contributed by atoms with Crippen molar-refractivity contribution in [3.8, 4) is 0 Å². The van der Waals surface area contributed by atoms with Gasteiger partial charge in [0.1, 0.15) is 11.6 Å². The Labute approximate surface area is 142 Å². The monoisotopic (exact) mass is 339 g/mol. The number of hydrogen-bond donors (Lipinski definition) is 1. The fraction of sp³-hybridized carbons (Fsp3) is 0.105. The maximum atomic E-state index is 13.3. The smallest absolute Gasteiger partial charge is 0.342 e. The van der Waals surface area contributed by atoms with E-state index in [9.17, 15) is 9.18 Å². The molecule has 0 amide bonds. The molecule has 120 valence electrons. The molecule has 4 rings (SSSR count). The molecule has 0 fully saturated rings. The molecule has 0 saturated heterocycles. The van der Waals surface area contributed by atoms with Crippen LogP contribution in [0.4, 0.5) is 15.8 Å². The minimum absolute atomic E-state index is 0.270. The summed E-state index contributed by atoms with van der Waals surface area (Å²) in [5.74, 6) is 0.251. The van der Waals surface area contributed by atoms with Crippen LogP contribution in [0.3, 0.4) is 0 Å². The topological polar surface area (TPSA) is 42.2 Å². The van der Waals surface area contributed by atoms with Crippen molar-refractivity contribution in [3.05, 3.63) is 87.7 Å². The number of aryl methyl sites for hydroxylation is 1. The van der Waals surface area contributed by atoms with Gasteiger partial charge in [-0.2, -0.15) is 0 Å². The van der Waals surface area contributed by atoms with E-state index in [4.69, 9.17) is 4.42 Å². The van der Waals surface area contributed by atoms with Crippen molar-refractivity contribution in [2.75, 3.05) is 5.32 Å². The van der Waals surface area contributed by atoms with Gasteiger partial charge in [0.05, 0.1) is 22.2 Å². The van der Waals surface area contributed by atoms with Crippen LogP contribution in [0, 0.1) is 12.7 Å². The summed E-state index contributed by atoms with van der Waals surface area (Å²) < 4.78 is 18.6. The average molecular weight is 339 g/mol. The Morgan fingerprint density at radius 2 is 1.83 bits per heavy atom. The van der Waals surface area contributed by atoms with Crippen LogP contribution in [0.2, 0.25) is 0 Å². The zero-order chi connectivity index (χ0) is 16.7. The first-order chi connectivity index (χ1) is 11.6. The lowest BCUT2D eigenvalue weighted by Crippen LogP contribution is -2.14. The fourth-order valence-electron chi connectivity index (χ4n) is 2.85. The van der Waals surface area contributed by atoms with Crippen LogP contribution in [0.1, 0.15) is 22.1 Å². The van der Waals surface area contributed by atoms with E-state index >= 15 is 0 Å². The van der Waals surface area contributed by atoms with Gasteiger partial charge in [-0.3, -0.25) is 0 Å². The van der Waals surface area contributed by atoms with Crippen molar-refractivity contribution in [2.24, 2.45) is 0 Å². The highest BCUT2D eigenvalue weighted by Gasteiger charge is 2.28. The molecule has 0 radical (unpaired) electrons. The van der Waals surface area contributed by atoms with Gasteiger partial charge in [-0.1, -0.05) is 24.3 Å². The Bertz CT molecular complexity index is 966. The standard InChI is InChI=1S/C19H14FNO2S/c1-11-10-15-17(19(22)23-11)18(12-6-8-13(20)9-7-12)24-16-5-3-2-4-14(16)21-15/h2-10,18,21H,1H3/t18-/m1/s1. The van der Waals surface area contributed by atoms with E-state index in [1.807, 2.05) is 30.3 Å². The van der Waals surface area contributed by atoms with Gasteiger partial charge in [0.25, 0.3) is 0 Å². The number of nitrogens with one attached hydrogen (secondary N) is 1. The van der Waals surface area contributed by atoms with Gasteiger partial charge >= 0.3 is 5.63 Å². The van der Waals surface area contributed by atoms with E-state index in [1.54, 1.807) is 30.8 Å². The van der Waals surface area contributed by atoms with E-state index in [1.165, 1.54) is 12.1 Å². The van der Waals surface area contributed by atoms with Crippen molar-refractivity contribution in [3.63, 3.8) is 0 Å². The molecular weight excluding hydrogens is 325 g/mol. The molecule has 5 heteroatoms. The van der Waals surface area contributed by atoms with E-state index in [-0.39, 0.29) is 16.7 Å². The lowest BCUT2D eigenvalue weighted by atomic mass is 10.0. The van der Waals surface area contributed by atoms with Crippen LogP contribution in [-0.2, 0) is 0 Å². The summed E-state index contributed by atoms with van der Waals surface area (Å²) in [5, 5.41) is 3.07. The number of anilines is 2. The summed E-state index contributed by atoms with van der Waals surface area (Å²) in [5.41, 5.74) is 2.71. The van der Waals surface area contributed by atoms with E-state index in [2.05, 4.69) is 5.32 Å². The first kappa shape index (κ1) is 15.0. The second-order valence-electron chi connectivity index (χ2n) is 5.64. The Kier molecular flexibility index (Phi) is 3.65. The zero-order valence-electron chi connectivity index (χ0n) is 12.9. The number of benzene rings is 2. The molecule has 0 spiro atoms. The van der Waals surface area contributed by atoms with Gasteiger partial charge < -0.3 is 9.73 Å². The molecule has 0 bridgehead atoms. The number of para-hydroxylation sites is 1. The molecule has 0 unspecified atom stereocenters. The lowest BCUT2D eigenvalue weighted by Gasteiger charge is -2.16. The third kappa shape index (κ3) is 2.61. The predicted molar refractivity (Wildman–Crippen MR) is 93.5 cm³/mol. The van der Waals surface area contributed by atoms with Gasteiger partial charge in [0.15, 0.2) is 0 Å². The van der Waals surface area contributed by atoms with Crippen LogP contribution in [0.15, 0.2) is 68.7 Å². The summed E-state index contributed by atoms with van der Waals surface area (Å²) in [6, 6.07) is 16.0. The van der Waals surface area contributed by atoms with Crippen LogP contribution >= 0.6 is 11.8 Å². The molecule has 1 aliphatic rings. The van der Waals surface area contributed by atoms with Crippen LogP contribution < -0.4 is 10.9 Å². The number of halogens is 1. The van der Waals surface area contributed by atoms with Crippen LogP contribution in [0.25, 0.3) is 0 Å². The number of rotatable bonds is 1. The first-order valence-electron chi connectivity index (χ1n) is 7.54. The third-order valence-corrected chi connectivity index (χ3v) is 5.30. The average Bonchev–Trinajstić information content (AvgIpc) is 2.72. The lowest BCUT2D eigenvalue weighted by molar-refractivity contribution is 0.474. The molecule has 3 aromatic rings. The van der Waals surface area contributed by atoms with Crippen molar-refractivity contribution in [2.45, 2.75) is 17.1 Å². The van der Waals surface area contributed by atoms with Gasteiger partial charge in [-0.15, -0.1) is 11.8 Å². The van der Waals surface area contributed by atoms with Crippen molar-refractivity contribution in [1.82, 2.24) is 0 Å². The van der Waals surface area contributed by atoms with Crippen molar-refractivity contribution in [1.29, 1.82) is 0 Å². The number of thioether (sulfide) groups is 1. The zero-order valence-corrected chi connectivity index (χ0v) is 13.7. The molecule has 1 aromatic heterocycles. The highest BCUT2D eigenvalue weighted by atomic mass is 32.2. The Morgan fingerprint density at radius 3 is 2.62 bits per heavy atom. The molecule has 0 saturated carbocycles. The minimum atomic E-state index is -0.368. The second-order valence-corrected chi connectivity index (χ2v) is 6.79. The minimum Gasteiger partial charge on any atom is -0.428 e. The van der Waals surface area contributed by atoms with E-state index < -0.39 is 0 Å². The first-order valence-corrected chi connectivity index (χ1v) is 8.42. The van der Waals surface area contributed by atoms with Gasteiger partial charge in [0.2, 0.25) is 0 Å². The Balaban J connectivity index is 1.96. The molecule has 1 aliphatic heterocycles. The molecule has 3 nitrogen and oxygen atoms in total.